The van der Waals surface area contributed by atoms with E-state index < -0.39 is 30.2 Å². The number of hydrogen-bond donors (Lipinski definition) is 2. The van der Waals surface area contributed by atoms with Crippen LogP contribution in [0, 0.1) is 5.92 Å². The summed E-state index contributed by atoms with van der Waals surface area (Å²) in [4.78, 5) is 10.6. The van der Waals surface area contributed by atoms with Gasteiger partial charge >= 0.3 is 0 Å². The predicted molar refractivity (Wildman–Crippen MR) is 40.5 cm³/mol. The van der Waals surface area contributed by atoms with Gasteiger partial charge in [-0.15, -0.1) is 0 Å². The topological polar surface area (TPSA) is 89.8 Å². The highest BCUT2D eigenvalue weighted by Crippen LogP contribution is 2.26. The van der Waals surface area contributed by atoms with Gasteiger partial charge in [0.15, 0.2) is 0 Å². The summed E-state index contributed by atoms with van der Waals surface area (Å²) in [5.74, 6) is -2.07. The van der Waals surface area contributed by atoms with Crippen LogP contribution < -0.4 is 5.11 Å². The normalized spacial score (nSPS) is 40.2. The highest BCUT2D eigenvalue weighted by atomic mass is 16.5. The van der Waals surface area contributed by atoms with Crippen molar-refractivity contribution in [3.8, 4) is 0 Å². The van der Waals surface area contributed by atoms with Crippen molar-refractivity contribution in [1.29, 1.82) is 0 Å². The van der Waals surface area contributed by atoms with Crippen molar-refractivity contribution in [1.82, 2.24) is 0 Å². The van der Waals surface area contributed by atoms with Crippen molar-refractivity contribution in [3.63, 3.8) is 0 Å². The van der Waals surface area contributed by atoms with Gasteiger partial charge in [0.2, 0.25) is 0 Å². The second-order valence-corrected chi connectivity index (χ2v) is 3.26. The Bertz CT molecular complexity index is 193. The molecule has 0 bridgehead atoms. The Balaban J connectivity index is 2.71. The van der Waals surface area contributed by atoms with E-state index in [1.807, 2.05) is 0 Å². The van der Waals surface area contributed by atoms with Gasteiger partial charge in [-0.2, -0.15) is 0 Å². The lowest BCUT2D eigenvalue weighted by atomic mass is 9.82. The molecule has 13 heavy (non-hydrogen) atoms. The average molecular weight is 189 g/mol. The zero-order valence-electron chi connectivity index (χ0n) is 7.34. The molecule has 4 unspecified atom stereocenters. The molecule has 4 atom stereocenters. The monoisotopic (exact) mass is 189 g/mol. The molecule has 0 saturated heterocycles. The standard InChI is InChI=1S/C8H14O5/c1-13-7-4(8(11)12)2-3-5(9)6(7)10/h4-7,9-10H,2-3H2,1H3,(H,11,12)/p-1. The third-order valence-electron chi connectivity index (χ3n) is 2.48. The molecule has 5 nitrogen and oxygen atoms in total. The lowest BCUT2D eigenvalue weighted by Crippen LogP contribution is -2.52. The molecule has 0 aliphatic heterocycles. The smallest absolute Gasteiger partial charge is 0.107 e. The number of carboxylic acids is 1. The number of aliphatic carboxylic acids is 1. The lowest BCUT2D eigenvalue weighted by Gasteiger charge is -2.37. The first-order valence-corrected chi connectivity index (χ1v) is 4.17. The van der Waals surface area contributed by atoms with Crippen molar-refractivity contribution in [2.24, 2.45) is 5.92 Å². The molecule has 1 fully saturated rings. The van der Waals surface area contributed by atoms with E-state index in [4.69, 9.17) is 4.74 Å². The second kappa shape index (κ2) is 4.04. The summed E-state index contributed by atoms with van der Waals surface area (Å²) in [5, 5.41) is 29.2. The first kappa shape index (κ1) is 10.4. The van der Waals surface area contributed by atoms with Gasteiger partial charge in [0.05, 0.1) is 12.2 Å². The summed E-state index contributed by atoms with van der Waals surface area (Å²) in [5.41, 5.74) is 0. The number of carboxylic acid groups (broad SMARTS) is 1. The lowest BCUT2D eigenvalue weighted by molar-refractivity contribution is -0.318. The SMILES string of the molecule is COC1C(C(=O)[O-])CCC(O)C1O. The van der Waals surface area contributed by atoms with Crippen molar-refractivity contribution in [3.05, 3.63) is 0 Å². The molecule has 76 valence electrons. The van der Waals surface area contributed by atoms with Crippen LogP contribution in [0.3, 0.4) is 0 Å². The largest absolute Gasteiger partial charge is 0.550 e. The van der Waals surface area contributed by atoms with Crippen LogP contribution in [-0.4, -0.2) is 41.6 Å². The summed E-state index contributed by atoms with van der Waals surface area (Å²) in [6, 6.07) is 0. The Morgan fingerprint density at radius 1 is 1.46 bits per heavy atom. The summed E-state index contributed by atoms with van der Waals surface area (Å²) in [6.45, 7) is 0. The highest BCUT2D eigenvalue weighted by Gasteiger charge is 2.38. The first-order valence-electron chi connectivity index (χ1n) is 4.17. The van der Waals surface area contributed by atoms with Crippen LogP contribution >= 0.6 is 0 Å². The first-order chi connectivity index (χ1) is 6.07. The minimum absolute atomic E-state index is 0.264. The Labute approximate surface area is 75.9 Å². The number of methoxy groups -OCH3 is 1. The van der Waals surface area contributed by atoms with Crippen molar-refractivity contribution < 1.29 is 24.9 Å². The van der Waals surface area contributed by atoms with Gasteiger partial charge in [-0.05, 0) is 12.8 Å². The van der Waals surface area contributed by atoms with Crippen LogP contribution in [0.2, 0.25) is 0 Å². The molecule has 0 spiro atoms. The van der Waals surface area contributed by atoms with E-state index in [1.165, 1.54) is 7.11 Å². The summed E-state index contributed by atoms with van der Waals surface area (Å²) < 4.78 is 4.82. The number of aliphatic hydroxyl groups is 2. The van der Waals surface area contributed by atoms with Gasteiger partial charge < -0.3 is 24.9 Å². The van der Waals surface area contributed by atoms with E-state index in [0.29, 0.717) is 0 Å². The zero-order chi connectivity index (χ0) is 10.0. The maximum absolute atomic E-state index is 10.6. The summed E-state index contributed by atoms with van der Waals surface area (Å²) >= 11 is 0. The van der Waals surface area contributed by atoms with E-state index in [-0.39, 0.29) is 12.8 Å². The van der Waals surface area contributed by atoms with Gasteiger partial charge in [-0.25, -0.2) is 0 Å². The fraction of sp³-hybridized carbons (Fsp3) is 0.875. The van der Waals surface area contributed by atoms with E-state index >= 15 is 0 Å². The minimum atomic E-state index is -1.24. The maximum atomic E-state index is 10.6. The molecule has 0 aromatic rings. The van der Waals surface area contributed by atoms with Gasteiger partial charge in [0, 0.05) is 19.0 Å². The Kier molecular flexibility index (Phi) is 3.24. The fourth-order valence-corrected chi connectivity index (χ4v) is 1.70. The van der Waals surface area contributed by atoms with Gasteiger partial charge in [0.1, 0.15) is 6.10 Å². The van der Waals surface area contributed by atoms with Crippen molar-refractivity contribution in [2.75, 3.05) is 7.11 Å². The van der Waals surface area contributed by atoms with E-state index in [0.717, 1.165) is 0 Å². The van der Waals surface area contributed by atoms with E-state index in [9.17, 15) is 20.1 Å². The Morgan fingerprint density at radius 2 is 2.08 bits per heavy atom. The molecule has 0 aromatic heterocycles. The van der Waals surface area contributed by atoms with Crippen molar-refractivity contribution >= 4 is 5.97 Å². The van der Waals surface area contributed by atoms with Crippen LogP contribution in [0.1, 0.15) is 12.8 Å². The molecule has 1 aliphatic rings. The third-order valence-corrected chi connectivity index (χ3v) is 2.48. The number of ether oxygens (including phenoxy) is 1. The third kappa shape index (κ3) is 1.99. The molecule has 1 aliphatic carbocycles. The number of carbonyl (C=O) groups excluding carboxylic acids is 1. The summed E-state index contributed by atoms with van der Waals surface area (Å²) in [6.07, 6.45) is -2.37. The average Bonchev–Trinajstić information content (AvgIpc) is 2.09. The fourth-order valence-electron chi connectivity index (χ4n) is 1.70. The van der Waals surface area contributed by atoms with Gasteiger partial charge in [-0.1, -0.05) is 0 Å². The Morgan fingerprint density at radius 3 is 2.54 bits per heavy atom. The number of aliphatic hydroxyl groups excluding tert-OH is 2. The quantitative estimate of drug-likeness (QED) is 0.518. The number of rotatable bonds is 2. The number of hydrogen-bond acceptors (Lipinski definition) is 5. The molecule has 0 heterocycles. The molecule has 5 heteroatoms. The Hall–Kier alpha value is -0.650. The second-order valence-electron chi connectivity index (χ2n) is 3.26. The molecule has 0 radical (unpaired) electrons. The van der Waals surface area contributed by atoms with Gasteiger partial charge in [-0.3, -0.25) is 0 Å². The molecule has 1 rings (SSSR count). The van der Waals surface area contributed by atoms with Crippen LogP contribution in [0.25, 0.3) is 0 Å². The van der Waals surface area contributed by atoms with Crippen LogP contribution in [0.15, 0.2) is 0 Å². The van der Waals surface area contributed by atoms with Crippen LogP contribution in [0.5, 0.6) is 0 Å². The maximum Gasteiger partial charge on any atom is 0.107 e. The molecular weight excluding hydrogens is 176 g/mol. The van der Waals surface area contributed by atoms with E-state index in [2.05, 4.69) is 0 Å². The predicted octanol–water partition coefficient (Wildman–Crippen LogP) is -2.12. The molecular formula is C8H13O5-. The van der Waals surface area contributed by atoms with Gasteiger partial charge in [0.25, 0.3) is 0 Å². The highest BCUT2D eigenvalue weighted by molar-refractivity contribution is 5.68. The van der Waals surface area contributed by atoms with Crippen molar-refractivity contribution in [2.45, 2.75) is 31.2 Å². The molecule has 0 aromatic carbocycles. The molecule has 1 saturated carbocycles. The van der Waals surface area contributed by atoms with Crippen LogP contribution in [-0.2, 0) is 9.53 Å². The minimum Gasteiger partial charge on any atom is -0.550 e. The van der Waals surface area contributed by atoms with Crippen LogP contribution in [0.4, 0.5) is 0 Å². The number of carbonyl (C=O) groups is 1. The summed E-state index contributed by atoms with van der Waals surface area (Å²) in [7, 11) is 1.31. The molecule has 0 amide bonds. The zero-order valence-corrected chi connectivity index (χ0v) is 7.34. The molecule has 2 N–H and O–H groups in total. The van der Waals surface area contributed by atoms with E-state index in [1.54, 1.807) is 0 Å².